The highest BCUT2D eigenvalue weighted by Gasteiger charge is 2.55. The van der Waals surface area contributed by atoms with Gasteiger partial charge in [-0.25, -0.2) is 14.3 Å². The van der Waals surface area contributed by atoms with Crippen LogP contribution < -0.4 is 20.7 Å². The number of carbonyl (C=O) groups excluding carboxylic acids is 3. The smallest absolute Gasteiger partial charge is 0.350 e. The molecule has 0 aliphatic carbocycles. The fourth-order valence-corrected chi connectivity index (χ4v) is 5.55. The third-order valence-corrected chi connectivity index (χ3v) is 8.06. The molecule has 38 heavy (non-hydrogen) atoms. The van der Waals surface area contributed by atoms with Crippen LogP contribution in [0, 0.1) is 0 Å². The van der Waals surface area contributed by atoms with Gasteiger partial charge in [0.2, 0.25) is 11.5 Å². The molecule has 0 aromatic carbocycles. The molecule has 4 heterocycles. The summed E-state index contributed by atoms with van der Waals surface area (Å²) >= 11 is 2.22. The van der Waals surface area contributed by atoms with Crippen LogP contribution in [0.2, 0.25) is 0 Å². The number of nitrogens with one attached hydrogen (secondary N) is 1. The summed E-state index contributed by atoms with van der Waals surface area (Å²) in [4.78, 5) is 60.3. The summed E-state index contributed by atoms with van der Waals surface area (Å²) in [7, 11) is 0. The molecule has 2 aromatic heterocycles. The summed E-state index contributed by atoms with van der Waals surface area (Å²) in [5.74, 6) is -4.19. The van der Waals surface area contributed by atoms with E-state index in [0.29, 0.717) is 5.57 Å². The third-order valence-electron chi connectivity index (χ3n) is 6.17. The number of nitrogen functional groups attached to an aromatic ring is 1. The zero-order chi connectivity index (χ0) is 27.6. The lowest BCUT2D eigenvalue weighted by Crippen LogP contribution is -2.75. The summed E-state index contributed by atoms with van der Waals surface area (Å²) in [6, 6.07) is 3.05. The van der Waals surface area contributed by atoms with Crippen LogP contribution in [0.5, 0.6) is 0 Å². The van der Waals surface area contributed by atoms with Crippen LogP contribution >= 0.6 is 23.1 Å². The van der Waals surface area contributed by atoms with Crippen LogP contribution in [-0.2, 0) is 30.6 Å². The van der Waals surface area contributed by atoms with Gasteiger partial charge in [-0.3, -0.25) is 9.59 Å². The molecular weight excluding hydrogens is 536 g/mol. The summed E-state index contributed by atoms with van der Waals surface area (Å²) < 4.78 is 1.77. The minimum Gasteiger partial charge on any atom is -0.548 e. The Morgan fingerprint density at radius 2 is 2.05 bits per heavy atom. The fraction of sp³-hybridized carbons (Fsp3) is 0.348. The SMILES string of the molecule is CCC(C)(O/N=C(\C(=O)N[C@@H]1C(=O)N2C(C(=O)[O-])C(C[n+]3ccccc3)=CS[C@H]12)c1csc(N)n1)C(=O)O. The van der Waals surface area contributed by atoms with E-state index in [4.69, 9.17) is 10.6 Å². The number of carboxylic acids is 2. The van der Waals surface area contributed by atoms with Crippen LogP contribution in [0.15, 0.2) is 52.1 Å². The number of nitrogens with zero attached hydrogens (tertiary/aromatic N) is 4. The number of thiazole rings is 1. The molecule has 4 rings (SSSR count). The third kappa shape index (κ3) is 5.19. The minimum absolute atomic E-state index is 0.0310. The number of β-lactam (4-membered cyclic amide) rings is 1. The first kappa shape index (κ1) is 27.1. The molecule has 1 fully saturated rings. The van der Waals surface area contributed by atoms with E-state index in [1.54, 1.807) is 41.4 Å². The van der Waals surface area contributed by atoms with Gasteiger partial charge in [0.1, 0.15) is 23.2 Å². The number of pyridine rings is 1. The van der Waals surface area contributed by atoms with Crippen molar-refractivity contribution in [1.82, 2.24) is 15.2 Å². The number of carbonyl (C=O) groups is 4. The Morgan fingerprint density at radius 1 is 1.34 bits per heavy atom. The van der Waals surface area contributed by atoms with E-state index < -0.39 is 46.8 Å². The number of carboxylic acid groups (broad SMARTS) is 2. The van der Waals surface area contributed by atoms with Gasteiger partial charge in [0.05, 0.1) is 5.97 Å². The molecule has 13 nitrogen and oxygen atoms in total. The predicted molar refractivity (Wildman–Crippen MR) is 134 cm³/mol. The maximum atomic E-state index is 13.2. The van der Waals surface area contributed by atoms with Crippen molar-refractivity contribution in [2.45, 2.75) is 49.9 Å². The zero-order valence-corrected chi connectivity index (χ0v) is 21.9. The summed E-state index contributed by atoms with van der Waals surface area (Å²) in [5, 5.41) is 30.3. The van der Waals surface area contributed by atoms with Crippen molar-refractivity contribution in [3.8, 4) is 0 Å². The number of rotatable bonds is 10. The van der Waals surface area contributed by atoms with Gasteiger partial charge in [-0.15, -0.1) is 23.1 Å². The number of nitrogens with two attached hydrogens (primary N) is 1. The lowest BCUT2D eigenvalue weighted by Gasteiger charge is -2.52. The second-order valence-electron chi connectivity index (χ2n) is 8.68. The Bertz CT molecular complexity index is 1330. The second kappa shape index (κ2) is 10.8. The first-order valence-corrected chi connectivity index (χ1v) is 13.2. The molecule has 1 saturated heterocycles. The van der Waals surface area contributed by atoms with Crippen molar-refractivity contribution in [2.75, 3.05) is 5.73 Å². The molecule has 0 saturated carbocycles. The minimum atomic E-state index is -1.71. The number of amides is 2. The average Bonchev–Trinajstić information content (AvgIpc) is 3.32. The van der Waals surface area contributed by atoms with Gasteiger partial charge in [-0.2, -0.15) is 0 Å². The fourth-order valence-electron chi connectivity index (χ4n) is 3.79. The molecule has 4 atom stereocenters. The lowest BCUT2D eigenvalue weighted by molar-refractivity contribution is -0.689. The Hall–Kier alpha value is -3.98. The van der Waals surface area contributed by atoms with Crippen molar-refractivity contribution in [1.29, 1.82) is 0 Å². The quantitative estimate of drug-likeness (QED) is 0.142. The second-order valence-corrected chi connectivity index (χ2v) is 10.6. The number of anilines is 1. The predicted octanol–water partition coefficient (Wildman–Crippen LogP) is -0.911. The van der Waals surface area contributed by atoms with Gasteiger partial charge in [0, 0.05) is 23.1 Å². The topological polar surface area (TPSA) is 191 Å². The van der Waals surface area contributed by atoms with Gasteiger partial charge in [0.25, 0.3) is 5.91 Å². The number of hydrogen-bond acceptors (Lipinski definition) is 11. The van der Waals surface area contributed by atoms with E-state index in [0.717, 1.165) is 16.2 Å². The van der Waals surface area contributed by atoms with Gasteiger partial charge in [0.15, 0.2) is 29.8 Å². The van der Waals surface area contributed by atoms with E-state index in [-0.39, 0.29) is 29.5 Å². The van der Waals surface area contributed by atoms with Crippen molar-refractivity contribution in [3.63, 3.8) is 0 Å². The van der Waals surface area contributed by atoms with Crippen molar-refractivity contribution < 1.29 is 38.8 Å². The highest BCUT2D eigenvalue weighted by molar-refractivity contribution is 8.02. The Kier molecular flexibility index (Phi) is 7.68. The number of aromatic nitrogens is 2. The summed E-state index contributed by atoms with van der Waals surface area (Å²) in [6.45, 7) is 3.12. The normalized spacial score (nSPS) is 22.4. The standard InChI is InChI=1S/C23H24N6O7S2/c1-3-23(2,21(34)35)36-27-14(13-11-38-22(24)25-13)17(30)26-15-18(31)29-16(20(32)33)12(10-37-19(15)29)9-28-7-5-4-6-8-28/h4-8,10-11,15-16,19H,3,9H2,1-2H3,(H4-,24,25,26,30,32,33,34,35)/b27-14-/t15-,16?,19-,23?/m1/s1. The Balaban J connectivity index is 1.55. The van der Waals surface area contributed by atoms with Crippen LogP contribution in [0.3, 0.4) is 0 Å². The lowest BCUT2D eigenvalue weighted by atomic mass is 9.97. The first-order valence-electron chi connectivity index (χ1n) is 11.4. The summed E-state index contributed by atoms with van der Waals surface area (Å²) in [6.07, 6.45) is 3.59. The van der Waals surface area contributed by atoms with Gasteiger partial charge < -0.3 is 35.8 Å². The van der Waals surface area contributed by atoms with E-state index in [2.05, 4.69) is 15.5 Å². The van der Waals surface area contributed by atoms with E-state index in [1.807, 2.05) is 6.07 Å². The molecule has 2 aliphatic heterocycles. The highest BCUT2D eigenvalue weighted by atomic mass is 32.2. The Morgan fingerprint density at radius 3 is 2.63 bits per heavy atom. The van der Waals surface area contributed by atoms with E-state index >= 15 is 0 Å². The van der Waals surface area contributed by atoms with Gasteiger partial charge >= 0.3 is 5.97 Å². The molecule has 2 aromatic rings. The molecule has 0 bridgehead atoms. The molecular formula is C23H24N6O7S2. The van der Waals surface area contributed by atoms with E-state index in [1.165, 1.54) is 24.1 Å². The maximum absolute atomic E-state index is 13.2. The zero-order valence-electron chi connectivity index (χ0n) is 20.3. The van der Waals surface area contributed by atoms with Crippen LogP contribution in [0.4, 0.5) is 5.13 Å². The maximum Gasteiger partial charge on any atom is 0.350 e. The van der Waals surface area contributed by atoms with Crippen molar-refractivity contribution in [3.05, 3.63) is 52.6 Å². The van der Waals surface area contributed by atoms with Crippen LogP contribution in [0.1, 0.15) is 26.0 Å². The molecule has 0 spiro atoms. The molecule has 2 aliphatic rings. The molecule has 0 radical (unpaired) electrons. The number of oxime groups is 1. The molecule has 15 heteroatoms. The van der Waals surface area contributed by atoms with Crippen LogP contribution in [0.25, 0.3) is 0 Å². The van der Waals surface area contributed by atoms with Crippen LogP contribution in [-0.4, -0.2) is 67.5 Å². The number of fused-ring (bicyclic) bond motifs is 1. The van der Waals surface area contributed by atoms with Crippen molar-refractivity contribution >= 4 is 57.7 Å². The largest absolute Gasteiger partial charge is 0.548 e. The highest BCUT2D eigenvalue weighted by Crippen LogP contribution is 2.40. The van der Waals surface area contributed by atoms with Gasteiger partial charge in [-0.05, 0) is 18.8 Å². The number of hydrogen-bond donors (Lipinski definition) is 3. The molecule has 4 N–H and O–H groups in total. The average molecular weight is 561 g/mol. The number of thioether (sulfide) groups is 1. The van der Waals surface area contributed by atoms with E-state index in [9.17, 15) is 29.4 Å². The molecule has 2 amide bonds. The first-order chi connectivity index (χ1) is 18.1. The monoisotopic (exact) mass is 560 g/mol. The Labute approximate surface area is 225 Å². The molecule has 2 unspecified atom stereocenters. The summed E-state index contributed by atoms with van der Waals surface area (Å²) in [5.41, 5.74) is 4.09. The van der Waals surface area contributed by atoms with Crippen molar-refractivity contribution in [2.24, 2.45) is 5.16 Å². The van der Waals surface area contributed by atoms with Gasteiger partial charge in [-0.1, -0.05) is 18.1 Å². The number of aliphatic carboxylic acids is 2. The molecule has 200 valence electrons.